The third kappa shape index (κ3) is 4.96. The monoisotopic (exact) mass is 461 g/mol. The van der Waals surface area contributed by atoms with Crippen molar-refractivity contribution in [1.82, 2.24) is 5.32 Å². The van der Waals surface area contributed by atoms with Crippen molar-refractivity contribution >= 4 is 52.4 Å². The maximum absolute atomic E-state index is 14.9. The molecule has 2 aliphatic rings. The van der Waals surface area contributed by atoms with Crippen molar-refractivity contribution in [3.8, 4) is 0 Å². The molecule has 30 heavy (non-hydrogen) atoms. The number of hydrogen-bond acceptors (Lipinski definition) is 6. The molecular weight excluding hydrogens is 440 g/mol. The summed E-state index contributed by atoms with van der Waals surface area (Å²) >= 11 is 10.9. The number of Topliss-reactive ketones (excluding diaryl/α,β-unsaturated/α-hetero) is 1. The molecule has 2 aliphatic heterocycles. The second-order valence-electron chi connectivity index (χ2n) is 7.13. The third-order valence-electron chi connectivity index (χ3n) is 5.16. The average Bonchev–Trinajstić information content (AvgIpc) is 3.11. The van der Waals surface area contributed by atoms with Crippen LogP contribution in [0.5, 0.6) is 0 Å². The molecule has 0 saturated carbocycles. The molecule has 0 unspecified atom stereocenters. The molecule has 2 fully saturated rings. The Kier molecular flexibility index (Phi) is 7.38. The summed E-state index contributed by atoms with van der Waals surface area (Å²) in [7, 11) is 0. The fraction of sp³-hybridized carbons (Fsp3) is 0.526. The first-order chi connectivity index (χ1) is 14.3. The Morgan fingerprint density at radius 2 is 2.10 bits per heavy atom. The lowest BCUT2D eigenvalue weighted by atomic mass is 9.97. The molecular formula is C19H22Cl2FN3O5. The number of carbonyl (C=O) groups is 3. The van der Waals surface area contributed by atoms with Crippen LogP contribution in [-0.2, 0) is 14.3 Å². The van der Waals surface area contributed by atoms with E-state index in [-0.39, 0.29) is 24.6 Å². The van der Waals surface area contributed by atoms with Crippen molar-refractivity contribution in [1.29, 1.82) is 0 Å². The summed E-state index contributed by atoms with van der Waals surface area (Å²) in [5, 5.41) is 11.7. The van der Waals surface area contributed by atoms with Crippen LogP contribution in [0.3, 0.4) is 0 Å². The van der Waals surface area contributed by atoms with Gasteiger partial charge in [0, 0.05) is 6.54 Å². The zero-order chi connectivity index (χ0) is 21.8. The second kappa shape index (κ2) is 9.80. The minimum atomic E-state index is -1.23. The van der Waals surface area contributed by atoms with E-state index < -0.39 is 41.4 Å². The van der Waals surface area contributed by atoms with Crippen LogP contribution in [0.4, 0.5) is 20.6 Å². The number of ether oxygens (including phenoxy) is 1. The normalized spacial score (nSPS) is 21.7. The SMILES string of the molecule is O=C(NC[C@H]1CN(c2ccc(N3CCCC[C@H]3C(=O)CO)c(F)c2)C(=O)O1)C(Cl)Cl. The number of amides is 2. The Labute approximate surface area is 182 Å². The van der Waals surface area contributed by atoms with Crippen molar-refractivity contribution in [2.24, 2.45) is 0 Å². The Morgan fingerprint density at radius 1 is 1.33 bits per heavy atom. The summed E-state index contributed by atoms with van der Waals surface area (Å²) in [6.45, 7) is 0.0493. The minimum Gasteiger partial charge on any atom is -0.442 e. The Bertz CT molecular complexity index is 825. The van der Waals surface area contributed by atoms with E-state index in [1.165, 1.54) is 17.0 Å². The van der Waals surface area contributed by atoms with Crippen LogP contribution in [0, 0.1) is 5.82 Å². The summed E-state index contributed by atoms with van der Waals surface area (Å²) in [5.41, 5.74) is 0.543. The quantitative estimate of drug-likeness (QED) is 0.602. The van der Waals surface area contributed by atoms with Crippen LogP contribution in [0.25, 0.3) is 0 Å². The Hall–Kier alpha value is -2.10. The van der Waals surface area contributed by atoms with Crippen LogP contribution in [-0.4, -0.2) is 66.1 Å². The van der Waals surface area contributed by atoms with Crippen LogP contribution in [0.1, 0.15) is 19.3 Å². The second-order valence-corrected chi connectivity index (χ2v) is 8.22. The first-order valence-electron chi connectivity index (χ1n) is 9.55. The molecule has 0 aliphatic carbocycles. The van der Waals surface area contributed by atoms with Crippen molar-refractivity contribution < 1.29 is 28.6 Å². The molecule has 1 aromatic carbocycles. The molecule has 2 saturated heterocycles. The van der Waals surface area contributed by atoms with E-state index in [9.17, 15) is 23.9 Å². The number of rotatable bonds is 7. The molecule has 2 atom stereocenters. The largest absolute Gasteiger partial charge is 0.442 e. The summed E-state index contributed by atoms with van der Waals surface area (Å²) in [6.07, 6.45) is 0.898. The van der Waals surface area contributed by atoms with E-state index in [1.807, 2.05) is 0 Å². The number of aliphatic hydroxyl groups is 1. The van der Waals surface area contributed by atoms with Gasteiger partial charge < -0.3 is 20.1 Å². The molecule has 1 aromatic rings. The molecule has 8 nitrogen and oxygen atoms in total. The lowest BCUT2D eigenvalue weighted by Gasteiger charge is -2.36. The molecule has 2 N–H and O–H groups in total. The van der Waals surface area contributed by atoms with E-state index in [2.05, 4.69) is 5.32 Å². The predicted molar refractivity (Wildman–Crippen MR) is 110 cm³/mol. The molecule has 0 spiro atoms. The summed E-state index contributed by atoms with van der Waals surface area (Å²) in [5.74, 6) is -1.53. The molecule has 11 heteroatoms. The number of halogens is 3. The minimum absolute atomic E-state index is 0.0241. The van der Waals surface area contributed by atoms with E-state index >= 15 is 0 Å². The number of nitrogens with one attached hydrogen (secondary N) is 1. The molecule has 0 aromatic heterocycles. The van der Waals surface area contributed by atoms with Gasteiger partial charge >= 0.3 is 6.09 Å². The number of anilines is 2. The number of piperidine rings is 1. The van der Waals surface area contributed by atoms with E-state index in [4.69, 9.17) is 27.9 Å². The number of nitrogens with zero attached hydrogens (tertiary/aromatic N) is 2. The lowest BCUT2D eigenvalue weighted by molar-refractivity contribution is -0.123. The topological polar surface area (TPSA) is 99.2 Å². The highest BCUT2D eigenvalue weighted by atomic mass is 35.5. The molecule has 0 radical (unpaired) electrons. The zero-order valence-corrected chi connectivity index (χ0v) is 17.5. The Morgan fingerprint density at radius 3 is 2.77 bits per heavy atom. The third-order valence-corrected chi connectivity index (χ3v) is 5.56. The van der Waals surface area contributed by atoms with Gasteiger partial charge in [0.05, 0.1) is 30.5 Å². The van der Waals surface area contributed by atoms with Gasteiger partial charge in [0.25, 0.3) is 5.91 Å². The highest BCUT2D eigenvalue weighted by Gasteiger charge is 2.34. The number of benzene rings is 1. The maximum Gasteiger partial charge on any atom is 0.414 e. The predicted octanol–water partition coefficient (Wildman–Crippen LogP) is 1.99. The highest BCUT2D eigenvalue weighted by Crippen LogP contribution is 2.31. The van der Waals surface area contributed by atoms with Crippen LogP contribution in [0.2, 0.25) is 0 Å². The van der Waals surface area contributed by atoms with Crippen molar-refractivity contribution in [2.45, 2.75) is 36.2 Å². The van der Waals surface area contributed by atoms with E-state index in [0.717, 1.165) is 12.8 Å². The molecule has 2 heterocycles. The molecule has 3 rings (SSSR count). The van der Waals surface area contributed by atoms with E-state index in [1.54, 1.807) is 11.0 Å². The van der Waals surface area contributed by atoms with Crippen LogP contribution >= 0.6 is 23.2 Å². The van der Waals surface area contributed by atoms with Crippen molar-refractivity contribution in [2.75, 3.05) is 36.0 Å². The van der Waals surface area contributed by atoms with Crippen molar-refractivity contribution in [3.05, 3.63) is 24.0 Å². The van der Waals surface area contributed by atoms with Gasteiger partial charge in [-0.15, -0.1) is 0 Å². The maximum atomic E-state index is 14.9. The zero-order valence-electron chi connectivity index (χ0n) is 16.0. The molecule has 0 bridgehead atoms. The molecule has 2 amide bonds. The number of hydrogen-bond donors (Lipinski definition) is 2. The fourth-order valence-corrected chi connectivity index (χ4v) is 3.84. The smallest absolute Gasteiger partial charge is 0.414 e. The van der Waals surface area contributed by atoms with Gasteiger partial charge in [0.15, 0.2) is 10.6 Å². The average molecular weight is 462 g/mol. The highest BCUT2D eigenvalue weighted by molar-refractivity contribution is 6.53. The number of cyclic esters (lactones) is 1. The van der Waals surface area contributed by atoms with Crippen LogP contribution < -0.4 is 15.1 Å². The van der Waals surface area contributed by atoms with Gasteiger partial charge in [0.2, 0.25) is 0 Å². The van der Waals surface area contributed by atoms with Gasteiger partial charge in [-0.2, -0.15) is 0 Å². The van der Waals surface area contributed by atoms with Crippen molar-refractivity contribution in [3.63, 3.8) is 0 Å². The fourth-order valence-electron chi connectivity index (χ4n) is 3.69. The first kappa shape index (κ1) is 22.6. The molecule has 164 valence electrons. The summed E-state index contributed by atoms with van der Waals surface area (Å²) in [6, 6.07) is 3.73. The van der Waals surface area contributed by atoms with Gasteiger partial charge in [-0.25, -0.2) is 9.18 Å². The summed E-state index contributed by atoms with van der Waals surface area (Å²) < 4.78 is 20.1. The van der Waals surface area contributed by atoms with Gasteiger partial charge in [-0.3, -0.25) is 14.5 Å². The van der Waals surface area contributed by atoms with Crippen LogP contribution in [0.15, 0.2) is 18.2 Å². The van der Waals surface area contributed by atoms with Gasteiger partial charge in [-0.1, -0.05) is 23.2 Å². The number of alkyl halides is 2. The lowest BCUT2D eigenvalue weighted by Crippen LogP contribution is -2.46. The first-order valence-corrected chi connectivity index (χ1v) is 10.4. The number of aliphatic hydroxyl groups excluding tert-OH is 1. The van der Waals surface area contributed by atoms with Gasteiger partial charge in [0.1, 0.15) is 18.5 Å². The summed E-state index contributed by atoms with van der Waals surface area (Å²) in [4.78, 5) is 37.3. The van der Waals surface area contributed by atoms with E-state index in [0.29, 0.717) is 18.7 Å². The Balaban J connectivity index is 1.71. The standard InChI is InChI=1S/C19H22Cl2FN3O5/c20-17(21)18(28)23-8-12-9-25(19(29)30-12)11-4-5-14(13(22)7-11)24-6-2-1-3-15(24)16(27)10-26/h4-5,7,12,15,17,26H,1-3,6,8-10H2,(H,23,28)/t12-,15-/m0/s1. The van der Waals surface area contributed by atoms with Gasteiger partial charge in [-0.05, 0) is 37.5 Å². The number of carbonyl (C=O) groups excluding carboxylic acids is 3. The number of ketones is 1.